The third kappa shape index (κ3) is 2.82. The zero-order chi connectivity index (χ0) is 19.4. The van der Waals surface area contributed by atoms with E-state index in [1.165, 1.54) is 5.56 Å². The lowest BCUT2D eigenvalue weighted by Crippen LogP contribution is -2.73. The highest BCUT2D eigenvalue weighted by atomic mass is 17.3. The lowest BCUT2D eigenvalue weighted by atomic mass is 9.59. The van der Waals surface area contributed by atoms with Crippen molar-refractivity contribution in [2.75, 3.05) is 6.54 Å². The van der Waals surface area contributed by atoms with Crippen molar-refractivity contribution in [3.05, 3.63) is 35.9 Å². The number of ether oxygens (including phenoxy) is 1. The van der Waals surface area contributed by atoms with E-state index in [9.17, 15) is 4.79 Å². The van der Waals surface area contributed by atoms with E-state index in [0.29, 0.717) is 24.8 Å². The first-order valence-corrected chi connectivity index (χ1v) is 10.9. The summed E-state index contributed by atoms with van der Waals surface area (Å²) < 4.78 is 6.52. The molecule has 152 valence electrons. The van der Waals surface area contributed by atoms with E-state index in [4.69, 9.17) is 14.5 Å². The van der Waals surface area contributed by atoms with Gasteiger partial charge in [0.25, 0.3) is 0 Å². The monoisotopic (exact) mass is 385 g/mol. The van der Waals surface area contributed by atoms with E-state index in [1.54, 1.807) is 0 Å². The van der Waals surface area contributed by atoms with Crippen molar-refractivity contribution in [1.29, 1.82) is 0 Å². The van der Waals surface area contributed by atoms with Crippen molar-refractivity contribution >= 4 is 5.91 Å². The summed E-state index contributed by atoms with van der Waals surface area (Å²) >= 11 is 0. The molecule has 1 saturated carbocycles. The molecule has 1 aromatic rings. The molecule has 0 N–H and O–H groups in total. The lowest BCUT2D eigenvalue weighted by molar-refractivity contribution is -0.546. The molecule has 4 saturated heterocycles. The molecule has 0 unspecified atom stereocenters. The van der Waals surface area contributed by atoms with Gasteiger partial charge in [0.15, 0.2) is 11.8 Å². The molecule has 5 nitrogen and oxygen atoms in total. The van der Waals surface area contributed by atoms with Crippen LogP contribution in [0, 0.1) is 17.8 Å². The number of carbonyl (C=O) groups excluding carboxylic acids is 1. The van der Waals surface area contributed by atoms with Crippen molar-refractivity contribution in [2.45, 2.75) is 76.4 Å². The lowest BCUT2D eigenvalue weighted by Gasteiger charge is -2.60. The van der Waals surface area contributed by atoms with E-state index in [-0.39, 0.29) is 18.1 Å². The summed E-state index contributed by atoms with van der Waals surface area (Å²) in [6, 6.07) is 10.5. The number of amides is 1. The van der Waals surface area contributed by atoms with Gasteiger partial charge < -0.3 is 9.64 Å². The SMILES string of the molecule is C[C@@H]1CC[C@H]2CC(=O)N(CCCc3ccccc3)[C@@H]3O[C@@]4(C)CC[C@@H]1[C@@]23OO4. The van der Waals surface area contributed by atoms with Gasteiger partial charge in [-0.3, -0.25) is 4.79 Å². The molecule has 1 amide bonds. The molecule has 2 bridgehead atoms. The molecule has 5 aliphatic rings. The summed E-state index contributed by atoms with van der Waals surface area (Å²) in [5, 5.41) is 0. The minimum absolute atomic E-state index is 0.194. The second-order valence-corrected chi connectivity index (χ2v) is 9.40. The fourth-order valence-corrected chi connectivity index (χ4v) is 6.10. The van der Waals surface area contributed by atoms with Crippen LogP contribution in [-0.4, -0.2) is 35.0 Å². The predicted molar refractivity (Wildman–Crippen MR) is 104 cm³/mol. The normalized spacial score (nSPS) is 42.2. The Balaban J connectivity index is 1.42. The number of fused-ring (bicyclic) bond motifs is 2. The number of aryl methyl sites for hydroxylation is 1. The Morgan fingerprint density at radius 1 is 1.14 bits per heavy atom. The summed E-state index contributed by atoms with van der Waals surface area (Å²) in [4.78, 5) is 27.2. The van der Waals surface area contributed by atoms with Crippen LogP contribution in [0.5, 0.6) is 0 Å². The second-order valence-electron chi connectivity index (χ2n) is 9.40. The van der Waals surface area contributed by atoms with Gasteiger partial charge in [0.1, 0.15) is 0 Å². The number of hydrogen-bond donors (Lipinski definition) is 0. The Morgan fingerprint density at radius 3 is 2.79 bits per heavy atom. The molecule has 0 aromatic heterocycles. The van der Waals surface area contributed by atoms with Crippen LogP contribution in [-0.2, 0) is 25.7 Å². The Morgan fingerprint density at radius 2 is 1.96 bits per heavy atom. The van der Waals surface area contributed by atoms with Crippen LogP contribution in [0.15, 0.2) is 30.3 Å². The standard InChI is InChI=1S/C23H31NO4/c1-16-10-11-18-15-20(25)24(14-6-9-17-7-4-3-5-8-17)21-23(18)19(16)12-13-22(2,26-21)27-28-23/h3-5,7-8,16,18-19,21H,6,9-15H2,1-2H3/t16-,18+,19+,21-,22-,23+/m1/s1. The molecule has 4 aliphatic heterocycles. The number of likely N-dealkylation sites (tertiary alicyclic amines) is 1. The smallest absolute Gasteiger partial charge is 0.225 e. The summed E-state index contributed by atoms with van der Waals surface area (Å²) in [5.74, 6) is 0.587. The van der Waals surface area contributed by atoms with Gasteiger partial charge in [0.2, 0.25) is 11.7 Å². The van der Waals surface area contributed by atoms with E-state index in [1.807, 2.05) is 17.9 Å². The fourth-order valence-electron chi connectivity index (χ4n) is 6.10. The van der Waals surface area contributed by atoms with Crippen molar-refractivity contribution in [3.8, 4) is 0 Å². The Hall–Kier alpha value is -1.43. The van der Waals surface area contributed by atoms with Crippen LogP contribution in [0.25, 0.3) is 0 Å². The number of rotatable bonds is 4. The van der Waals surface area contributed by atoms with Crippen molar-refractivity contribution in [3.63, 3.8) is 0 Å². The Labute approximate surface area is 167 Å². The first kappa shape index (κ1) is 18.6. The van der Waals surface area contributed by atoms with Crippen LogP contribution in [0.2, 0.25) is 0 Å². The van der Waals surface area contributed by atoms with Gasteiger partial charge in [-0.1, -0.05) is 37.3 Å². The minimum Gasteiger partial charge on any atom is -0.321 e. The first-order chi connectivity index (χ1) is 13.5. The zero-order valence-electron chi connectivity index (χ0n) is 16.9. The van der Waals surface area contributed by atoms with E-state index in [0.717, 1.165) is 38.5 Å². The van der Waals surface area contributed by atoms with E-state index < -0.39 is 11.4 Å². The maximum atomic E-state index is 13.1. The molecule has 1 aliphatic carbocycles. The van der Waals surface area contributed by atoms with E-state index in [2.05, 4.69) is 31.2 Å². The van der Waals surface area contributed by atoms with Gasteiger partial charge >= 0.3 is 0 Å². The number of nitrogens with zero attached hydrogens (tertiary/aromatic N) is 1. The quantitative estimate of drug-likeness (QED) is 0.733. The van der Waals surface area contributed by atoms with Gasteiger partial charge in [0, 0.05) is 25.3 Å². The molecule has 1 spiro atoms. The zero-order valence-corrected chi connectivity index (χ0v) is 16.9. The predicted octanol–water partition coefficient (Wildman–Crippen LogP) is 4.07. The highest BCUT2D eigenvalue weighted by Crippen LogP contribution is 2.59. The topological polar surface area (TPSA) is 48.0 Å². The molecule has 5 fully saturated rings. The highest BCUT2D eigenvalue weighted by molar-refractivity contribution is 5.78. The van der Waals surface area contributed by atoms with Gasteiger partial charge in [-0.25, -0.2) is 9.78 Å². The molecule has 0 radical (unpaired) electrons. The van der Waals surface area contributed by atoms with Gasteiger partial charge in [-0.2, -0.15) is 0 Å². The fraction of sp³-hybridized carbons (Fsp3) is 0.696. The summed E-state index contributed by atoms with van der Waals surface area (Å²) in [6.07, 6.45) is 6.14. The average molecular weight is 386 g/mol. The highest BCUT2D eigenvalue weighted by Gasteiger charge is 2.68. The van der Waals surface area contributed by atoms with Crippen molar-refractivity contribution in [1.82, 2.24) is 4.90 Å². The average Bonchev–Trinajstić information content (AvgIpc) is 2.93. The third-order valence-electron chi connectivity index (χ3n) is 7.63. The molecular formula is C23H31NO4. The van der Waals surface area contributed by atoms with Crippen LogP contribution >= 0.6 is 0 Å². The molecule has 1 aromatic carbocycles. The van der Waals surface area contributed by atoms with Crippen molar-refractivity contribution in [2.24, 2.45) is 17.8 Å². The summed E-state index contributed by atoms with van der Waals surface area (Å²) in [5.41, 5.74) is 0.802. The van der Waals surface area contributed by atoms with Gasteiger partial charge in [-0.05, 0) is 56.4 Å². The van der Waals surface area contributed by atoms with Crippen LogP contribution in [0.3, 0.4) is 0 Å². The molecule has 5 heteroatoms. The minimum atomic E-state index is -0.757. The molecule has 28 heavy (non-hydrogen) atoms. The molecule has 4 heterocycles. The number of benzene rings is 1. The van der Waals surface area contributed by atoms with Crippen molar-refractivity contribution < 1.29 is 19.3 Å². The molecule has 6 rings (SSSR count). The number of carbonyl (C=O) groups is 1. The second kappa shape index (κ2) is 6.82. The third-order valence-corrected chi connectivity index (χ3v) is 7.63. The summed E-state index contributed by atoms with van der Waals surface area (Å²) in [7, 11) is 0. The van der Waals surface area contributed by atoms with E-state index >= 15 is 0 Å². The van der Waals surface area contributed by atoms with Crippen LogP contribution in [0.4, 0.5) is 0 Å². The van der Waals surface area contributed by atoms with Gasteiger partial charge in [-0.15, -0.1) is 0 Å². The first-order valence-electron chi connectivity index (χ1n) is 10.9. The maximum Gasteiger partial charge on any atom is 0.225 e. The van der Waals surface area contributed by atoms with Crippen LogP contribution in [0.1, 0.15) is 57.9 Å². The Kier molecular flexibility index (Phi) is 4.53. The summed E-state index contributed by atoms with van der Waals surface area (Å²) in [6.45, 7) is 4.98. The molecular weight excluding hydrogens is 354 g/mol. The van der Waals surface area contributed by atoms with Crippen LogP contribution < -0.4 is 0 Å². The Bertz CT molecular complexity index is 735. The largest absolute Gasteiger partial charge is 0.321 e. The number of piperidine rings is 1. The maximum absolute atomic E-state index is 13.1. The number of hydrogen-bond acceptors (Lipinski definition) is 4. The molecule has 6 atom stereocenters. The van der Waals surface area contributed by atoms with Gasteiger partial charge in [0.05, 0.1) is 0 Å².